The van der Waals surface area contributed by atoms with Crippen LogP contribution in [0, 0.1) is 11.3 Å². The fourth-order valence-corrected chi connectivity index (χ4v) is 2.76. The molecule has 0 saturated carbocycles. The minimum atomic E-state index is -4.05. The van der Waals surface area contributed by atoms with Crippen LogP contribution in [0.3, 0.4) is 0 Å². The molecule has 0 aliphatic rings. The molecule has 0 radical (unpaired) electrons. The SMILES string of the molecule is CCn1ncc(C#N)c1NS(=O)(=O)c1cnn(CC(F)F)c1. The van der Waals surface area contributed by atoms with Crippen molar-refractivity contribution >= 4 is 15.8 Å². The number of hydrogen-bond acceptors (Lipinski definition) is 5. The van der Waals surface area contributed by atoms with Gasteiger partial charge in [0.25, 0.3) is 16.4 Å². The van der Waals surface area contributed by atoms with E-state index in [2.05, 4.69) is 14.9 Å². The molecule has 0 amide bonds. The van der Waals surface area contributed by atoms with E-state index in [0.717, 1.165) is 17.1 Å². The van der Waals surface area contributed by atoms with Crippen molar-refractivity contribution in [1.82, 2.24) is 19.6 Å². The van der Waals surface area contributed by atoms with Gasteiger partial charge < -0.3 is 0 Å². The molecule has 0 fully saturated rings. The zero-order valence-electron chi connectivity index (χ0n) is 11.4. The summed E-state index contributed by atoms with van der Waals surface area (Å²) in [7, 11) is -4.05. The number of nitriles is 1. The molecule has 8 nitrogen and oxygen atoms in total. The number of aromatic nitrogens is 4. The van der Waals surface area contributed by atoms with E-state index in [1.165, 1.54) is 10.9 Å². The van der Waals surface area contributed by atoms with Crippen molar-refractivity contribution in [2.24, 2.45) is 0 Å². The van der Waals surface area contributed by atoms with Gasteiger partial charge in [-0.05, 0) is 6.92 Å². The van der Waals surface area contributed by atoms with Crippen molar-refractivity contribution in [3.05, 3.63) is 24.2 Å². The molecule has 11 heteroatoms. The zero-order valence-corrected chi connectivity index (χ0v) is 12.3. The number of aryl methyl sites for hydroxylation is 1. The number of hydrogen-bond donors (Lipinski definition) is 1. The average molecular weight is 330 g/mol. The quantitative estimate of drug-likeness (QED) is 0.852. The van der Waals surface area contributed by atoms with Crippen LogP contribution in [0.15, 0.2) is 23.5 Å². The highest BCUT2D eigenvalue weighted by atomic mass is 32.2. The fraction of sp³-hybridized carbons (Fsp3) is 0.364. The maximum absolute atomic E-state index is 12.3. The molecule has 0 spiro atoms. The van der Waals surface area contributed by atoms with E-state index in [1.54, 1.807) is 6.92 Å². The first-order valence-corrected chi connectivity index (χ1v) is 7.65. The summed E-state index contributed by atoms with van der Waals surface area (Å²) in [4.78, 5) is -0.277. The Morgan fingerprint density at radius 1 is 1.41 bits per heavy atom. The molecule has 1 N–H and O–H groups in total. The van der Waals surface area contributed by atoms with Crippen LogP contribution < -0.4 is 4.72 Å². The Hall–Kier alpha value is -2.48. The van der Waals surface area contributed by atoms with E-state index in [0.29, 0.717) is 6.54 Å². The zero-order chi connectivity index (χ0) is 16.3. The summed E-state index contributed by atoms with van der Waals surface area (Å²) in [5, 5.41) is 16.4. The number of sulfonamides is 1. The summed E-state index contributed by atoms with van der Waals surface area (Å²) in [5.74, 6) is 0.0200. The Morgan fingerprint density at radius 2 is 2.14 bits per heavy atom. The first-order valence-electron chi connectivity index (χ1n) is 6.16. The third-order valence-corrected chi connectivity index (χ3v) is 4.03. The standard InChI is InChI=1S/C11H12F2N6O2S/c1-2-19-11(8(3-14)4-16-19)17-22(20,21)9-5-15-18(6-9)7-10(12)13/h4-6,10,17H,2,7H2,1H3. The molecule has 0 aromatic carbocycles. The Kier molecular flexibility index (Phi) is 4.41. The van der Waals surface area contributed by atoms with Gasteiger partial charge >= 0.3 is 0 Å². The van der Waals surface area contributed by atoms with E-state index >= 15 is 0 Å². The minimum absolute atomic E-state index is 0.0200. The third-order valence-electron chi connectivity index (χ3n) is 2.74. The van der Waals surface area contributed by atoms with Crippen LogP contribution in [0.1, 0.15) is 12.5 Å². The number of alkyl halides is 2. The predicted octanol–water partition coefficient (Wildman–Crippen LogP) is 1.04. The molecular formula is C11H12F2N6O2S. The van der Waals surface area contributed by atoms with Crippen LogP contribution in [0.4, 0.5) is 14.6 Å². The molecule has 2 aromatic rings. The fourth-order valence-electron chi connectivity index (χ4n) is 1.73. The third kappa shape index (κ3) is 3.22. The highest BCUT2D eigenvalue weighted by Crippen LogP contribution is 2.19. The van der Waals surface area contributed by atoms with Crippen LogP contribution in [0.5, 0.6) is 0 Å². The number of rotatable bonds is 6. The Balaban J connectivity index is 2.30. The molecule has 2 rings (SSSR count). The first kappa shape index (κ1) is 15.9. The maximum Gasteiger partial charge on any atom is 0.266 e. The predicted molar refractivity (Wildman–Crippen MR) is 71.7 cm³/mol. The van der Waals surface area contributed by atoms with Gasteiger partial charge in [-0.2, -0.15) is 15.5 Å². The molecule has 0 aliphatic carbocycles. The summed E-state index contributed by atoms with van der Waals surface area (Å²) < 4.78 is 53.3. The summed E-state index contributed by atoms with van der Waals surface area (Å²) >= 11 is 0. The monoisotopic (exact) mass is 330 g/mol. The average Bonchev–Trinajstić information content (AvgIpc) is 3.04. The summed E-state index contributed by atoms with van der Waals surface area (Å²) in [6.45, 7) is 1.38. The lowest BCUT2D eigenvalue weighted by Crippen LogP contribution is -2.16. The summed E-state index contributed by atoms with van der Waals surface area (Å²) in [6.07, 6.45) is 0.549. The lowest BCUT2D eigenvalue weighted by atomic mass is 10.4. The smallest absolute Gasteiger partial charge is 0.266 e. The largest absolute Gasteiger partial charge is 0.266 e. The lowest BCUT2D eigenvalue weighted by molar-refractivity contribution is 0.121. The van der Waals surface area contributed by atoms with Gasteiger partial charge in [0, 0.05) is 12.7 Å². The second kappa shape index (κ2) is 6.10. The molecule has 0 bridgehead atoms. The van der Waals surface area contributed by atoms with Crippen LogP contribution >= 0.6 is 0 Å². The highest BCUT2D eigenvalue weighted by molar-refractivity contribution is 7.92. The van der Waals surface area contributed by atoms with Crippen LogP contribution in [0.2, 0.25) is 0 Å². The van der Waals surface area contributed by atoms with E-state index in [9.17, 15) is 17.2 Å². The molecule has 2 heterocycles. The summed E-state index contributed by atoms with van der Waals surface area (Å²) in [5.41, 5.74) is 0.0606. The van der Waals surface area contributed by atoms with Crippen molar-refractivity contribution < 1.29 is 17.2 Å². The normalized spacial score (nSPS) is 11.6. The van der Waals surface area contributed by atoms with E-state index in [1.807, 2.05) is 6.07 Å². The number of nitrogens with one attached hydrogen (secondary N) is 1. The van der Waals surface area contributed by atoms with Crippen LogP contribution in [-0.4, -0.2) is 34.4 Å². The van der Waals surface area contributed by atoms with E-state index in [-0.39, 0.29) is 16.3 Å². The molecule has 0 atom stereocenters. The maximum atomic E-state index is 12.3. The molecule has 0 aliphatic heterocycles. The van der Waals surface area contributed by atoms with Gasteiger partial charge in [0.05, 0.1) is 12.4 Å². The minimum Gasteiger partial charge on any atom is -0.266 e. The van der Waals surface area contributed by atoms with Gasteiger partial charge in [0.1, 0.15) is 23.1 Å². The van der Waals surface area contributed by atoms with Crippen LogP contribution in [-0.2, 0) is 23.1 Å². The second-order valence-electron chi connectivity index (χ2n) is 4.23. The van der Waals surface area contributed by atoms with Gasteiger partial charge in [0.2, 0.25) is 0 Å². The van der Waals surface area contributed by atoms with Gasteiger partial charge in [-0.15, -0.1) is 0 Å². The number of nitrogens with zero attached hydrogens (tertiary/aromatic N) is 5. The molecule has 0 saturated heterocycles. The highest BCUT2D eigenvalue weighted by Gasteiger charge is 2.21. The van der Waals surface area contributed by atoms with Crippen molar-refractivity contribution in [2.45, 2.75) is 31.3 Å². The van der Waals surface area contributed by atoms with Crippen molar-refractivity contribution in [3.63, 3.8) is 0 Å². The number of anilines is 1. The van der Waals surface area contributed by atoms with Crippen molar-refractivity contribution in [1.29, 1.82) is 5.26 Å². The van der Waals surface area contributed by atoms with Crippen molar-refractivity contribution in [3.8, 4) is 6.07 Å². The molecule has 118 valence electrons. The van der Waals surface area contributed by atoms with Crippen molar-refractivity contribution in [2.75, 3.05) is 4.72 Å². The Bertz CT molecular complexity index is 805. The van der Waals surface area contributed by atoms with E-state index < -0.39 is 23.0 Å². The summed E-state index contributed by atoms with van der Waals surface area (Å²) in [6, 6.07) is 1.83. The van der Waals surface area contributed by atoms with Crippen LogP contribution in [0.25, 0.3) is 0 Å². The second-order valence-corrected chi connectivity index (χ2v) is 5.91. The molecular weight excluding hydrogens is 318 g/mol. The topological polar surface area (TPSA) is 106 Å². The lowest BCUT2D eigenvalue weighted by Gasteiger charge is -2.08. The first-order chi connectivity index (χ1) is 10.4. The van der Waals surface area contributed by atoms with E-state index in [4.69, 9.17) is 5.26 Å². The molecule has 2 aromatic heterocycles. The van der Waals surface area contributed by atoms with Gasteiger partial charge in [-0.1, -0.05) is 0 Å². The molecule has 0 unspecified atom stereocenters. The van der Waals surface area contributed by atoms with Gasteiger partial charge in [-0.25, -0.2) is 21.9 Å². The molecule has 22 heavy (non-hydrogen) atoms. The number of halogens is 2. The Morgan fingerprint density at radius 3 is 2.73 bits per heavy atom. The Labute approximate surface area is 125 Å². The van der Waals surface area contributed by atoms with Gasteiger partial charge in [-0.3, -0.25) is 9.40 Å². The van der Waals surface area contributed by atoms with Gasteiger partial charge in [0.15, 0.2) is 5.82 Å².